The second-order valence-corrected chi connectivity index (χ2v) is 6.69. The van der Waals surface area contributed by atoms with Crippen molar-refractivity contribution >= 4 is 0 Å². The van der Waals surface area contributed by atoms with E-state index in [1.54, 1.807) is 0 Å². The van der Waals surface area contributed by atoms with Gasteiger partial charge in [0.25, 0.3) is 0 Å². The van der Waals surface area contributed by atoms with Crippen molar-refractivity contribution in [1.82, 2.24) is 16.0 Å². The molecule has 2 heterocycles. The van der Waals surface area contributed by atoms with E-state index < -0.39 is 0 Å². The number of rotatable bonds is 3. The van der Waals surface area contributed by atoms with Crippen LogP contribution in [0.1, 0.15) is 23.5 Å². The van der Waals surface area contributed by atoms with Crippen molar-refractivity contribution in [2.45, 2.75) is 30.5 Å². The first-order chi connectivity index (χ1) is 11.4. The summed E-state index contributed by atoms with van der Waals surface area (Å²) in [5.41, 5.74) is 2.78. The lowest BCUT2D eigenvalue weighted by Gasteiger charge is -2.30. The van der Waals surface area contributed by atoms with Gasteiger partial charge in [0.1, 0.15) is 0 Å². The fraction of sp³-hybridized carbons (Fsp3) is 0.400. The molecular weight excluding hydrogens is 282 g/mol. The van der Waals surface area contributed by atoms with Crippen molar-refractivity contribution in [2.24, 2.45) is 0 Å². The van der Waals surface area contributed by atoms with Crippen molar-refractivity contribution in [3.63, 3.8) is 0 Å². The van der Waals surface area contributed by atoms with Crippen LogP contribution >= 0.6 is 0 Å². The Balaban J connectivity index is 1.67. The predicted octanol–water partition coefficient (Wildman–Crippen LogP) is 2.11. The molecule has 2 fully saturated rings. The molecule has 3 N–H and O–H groups in total. The molecule has 0 bridgehead atoms. The zero-order chi connectivity index (χ0) is 15.5. The molecule has 3 nitrogen and oxygen atoms in total. The van der Waals surface area contributed by atoms with Crippen LogP contribution in [0.3, 0.4) is 0 Å². The molecular formula is C20H25N3. The second kappa shape index (κ2) is 6.83. The molecule has 120 valence electrons. The van der Waals surface area contributed by atoms with Crippen molar-refractivity contribution in [1.29, 1.82) is 0 Å². The van der Waals surface area contributed by atoms with Gasteiger partial charge in [0.15, 0.2) is 0 Å². The zero-order valence-corrected chi connectivity index (χ0v) is 13.4. The summed E-state index contributed by atoms with van der Waals surface area (Å²) >= 11 is 0. The van der Waals surface area contributed by atoms with Gasteiger partial charge >= 0.3 is 0 Å². The van der Waals surface area contributed by atoms with Crippen LogP contribution in [-0.2, 0) is 0 Å². The van der Waals surface area contributed by atoms with Crippen LogP contribution in [0.2, 0.25) is 0 Å². The highest BCUT2D eigenvalue weighted by molar-refractivity contribution is 5.34. The summed E-state index contributed by atoms with van der Waals surface area (Å²) in [4.78, 5) is 0. The molecule has 3 unspecified atom stereocenters. The molecule has 2 aromatic rings. The first kappa shape index (κ1) is 14.9. The Bertz CT molecular complexity index is 574. The third-order valence-electron chi connectivity index (χ3n) is 5.22. The molecule has 0 spiro atoms. The Morgan fingerprint density at radius 3 is 2.09 bits per heavy atom. The van der Waals surface area contributed by atoms with Gasteiger partial charge in [0, 0.05) is 37.1 Å². The summed E-state index contributed by atoms with van der Waals surface area (Å²) in [5.74, 6) is 0.379. The molecule has 0 radical (unpaired) electrons. The van der Waals surface area contributed by atoms with Crippen molar-refractivity contribution in [2.75, 3.05) is 19.6 Å². The fourth-order valence-electron chi connectivity index (χ4n) is 4.10. The first-order valence-corrected chi connectivity index (χ1v) is 8.72. The lowest BCUT2D eigenvalue weighted by molar-refractivity contribution is 0.408. The highest BCUT2D eigenvalue weighted by Crippen LogP contribution is 2.29. The Morgan fingerprint density at radius 1 is 0.783 bits per heavy atom. The molecule has 2 aromatic carbocycles. The second-order valence-electron chi connectivity index (χ2n) is 6.69. The van der Waals surface area contributed by atoms with E-state index in [0.717, 1.165) is 19.6 Å². The van der Waals surface area contributed by atoms with Crippen LogP contribution in [0.15, 0.2) is 60.7 Å². The van der Waals surface area contributed by atoms with Gasteiger partial charge in [-0.25, -0.2) is 0 Å². The largest absolute Gasteiger partial charge is 0.314 e. The standard InChI is InChI=1S/C20H25N3/c1-3-7-15(8-4-1)20(16-9-5-2-6-10-16)19-14-21-13-18-17(23-19)11-12-22-18/h1-10,17-23H,11-14H2. The minimum absolute atomic E-state index is 0.379. The third-order valence-corrected chi connectivity index (χ3v) is 5.22. The Labute approximate surface area is 138 Å². The summed E-state index contributed by atoms with van der Waals surface area (Å²) in [6, 6.07) is 23.4. The minimum Gasteiger partial charge on any atom is -0.314 e. The van der Waals surface area contributed by atoms with Gasteiger partial charge in [-0.15, -0.1) is 0 Å². The lowest BCUT2D eigenvalue weighted by atomic mass is 9.84. The molecule has 23 heavy (non-hydrogen) atoms. The molecule has 4 rings (SSSR count). The molecule has 0 aliphatic carbocycles. The van der Waals surface area contributed by atoms with Gasteiger partial charge in [-0.3, -0.25) is 0 Å². The SMILES string of the molecule is c1ccc(C(c2ccccc2)C2CNCC3NCCC3N2)cc1. The van der Waals surface area contributed by atoms with Gasteiger partial charge in [-0.2, -0.15) is 0 Å². The van der Waals surface area contributed by atoms with Gasteiger partial charge in [0.05, 0.1) is 0 Å². The molecule has 2 aliphatic rings. The maximum atomic E-state index is 3.95. The van der Waals surface area contributed by atoms with Crippen molar-refractivity contribution in [3.05, 3.63) is 71.8 Å². The average Bonchev–Trinajstić information content (AvgIpc) is 2.95. The highest BCUT2D eigenvalue weighted by Gasteiger charge is 2.34. The molecule has 3 atom stereocenters. The predicted molar refractivity (Wildman–Crippen MR) is 94.7 cm³/mol. The highest BCUT2D eigenvalue weighted by atomic mass is 15.1. The minimum atomic E-state index is 0.379. The Morgan fingerprint density at radius 2 is 1.43 bits per heavy atom. The van der Waals surface area contributed by atoms with E-state index in [0.29, 0.717) is 24.0 Å². The van der Waals surface area contributed by atoms with Gasteiger partial charge in [-0.05, 0) is 24.1 Å². The molecule has 0 saturated carbocycles. The van der Waals surface area contributed by atoms with Crippen LogP contribution in [-0.4, -0.2) is 37.8 Å². The van der Waals surface area contributed by atoms with Crippen LogP contribution in [0.5, 0.6) is 0 Å². The van der Waals surface area contributed by atoms with Gasteiger partial charge in [-0.1, -0.05) is 60.7 Å². The monoisotopic (exact) mass is 307 g/mol. The van der Waals surface area contributed by atoms with Crippen LogP contribution in [0.25, 0.3) is 0 Å². The number of hydrogen-bond acceptors (Lipinski definition) is 3. The Kier molecular flexibility index (Phi) is 4.42. The van der Waals surface area contributed by atoms with Gasteiger partial charge < -0.3 is 16.0 Å². The van der Waals surface area contributed by atoms with E-state index in [-0.39, 0.29) is 0 Å². The number of fused-ring (bicyclic) bond motifs is 1. The van der Waals surface area contributed by atoms with E-state index >= 15 is 0 Å². The quantitative estimate of drug-likeness (QED) is 0.813. The maximum absolute atomic E-state index is 3.95. The molecule has 2 saturated heterocycles. The van der Waals surface area contributed by atoms with Gasteiger partial charge in [0.2, 0.25) is 0 Å². The molecule has 0 amide bonds. The summed E-state index contributed by atoms with van der Waals surface area (Å²) in [6.45, 7) is 3.19. The molecule has 3 heteroatoms. The molecule has 0 aromatic heterocycles. The third kappa shape index (κ3) is 3.18. The van der Waals surface area contributed by atoms with E-state index in [1.807, 2.05) is 0 Å². The summed E-state index contributed by atoms with van der Waals surface area (Å²) in [5, 5.41) is 11.2. The van der Waals surface area contributed by atoms with E-state index in [4.69, 9.17) is 0 Å². The van der Waals surface area contributed by atoms with Crippen molar-refractivity contribution in [3.8, 4) is 0 Å². The summed E-state index contributed by atoms with van der Waals surface area (Å²) in [6.07, 6.45) is 1.22. The molecule has 2 aliphatic heterocycles. The average molecular weight is 307 g/mol. The van der Waals surface area contributed by atoms with Crippen LogP contribution in [0, 0.1) is 0 Å². The van der Waals surface area contributed by atoms with Crippen LogP contribution < -0.4 is 16.0 Å². The number of hydrogen-bond donors (Lipinski definition) is 3. The number of nitrogens with one attached hydrogen (secondary N) is 3. The number of benzene rings is 2. The summed E-state index contributed by atoms with van der Waals surface area (Å²) in [7, 11) is 0. The topological polar surface area (TPSA) is 36.1 Å². The Hall–Kier alpha value is -1.68. The smallest absolute Gasteiger partial charge is 0.0347 e. The normalized spacial score (nSPS) is 27.6. The fourth-order valence-corrected chi connectivity index (χ4v) is 4.10. The van der Waals surface area contributed by atoms with Crippen LogP contribution in [0.4, 0.5) is 0 Å². The maximum Gasteiger partial charge on any atom is 0.0347 e. The van der Waals surface area contributed by atoms with E-state index in [2.05, 4.69) is 76.6 Å². The van der Waals surface area contributed by atoms with E-state index in [9.17, 15) is 0 Å². The zero-order valence-electron chi connectivity index (χ0n) is 13.4. The summed E-state index contributed by atoms with van der Waals surface area (Å²) < 4.78 is 0. The first-order valence-electron chi connectivity index (χ1n) is 8.72. The van der Waals surface area contributed by atoms with Crippen molar-refractivity contribution < 1.29 is 0 Å². The lowest BCUT2D eigenvalue weighted by Crippen LogP contribution is -2.47. The van der Waals surface area contributed by atoms with E-state index in [1.165, 1.54) is 17.5 Å².